The average Bonchev–Trinajstić information content (AvgIpc) is 1.99. The third-order valence-electron chi connectivity index (χ3n) is 2.74. The van der Waals surface area contributed by atoms with E-state index in [0.717, 1.165) is 24.1 Å². The molecule has 1 aromatic heterocycles. The van der Waals surface area contributed by atoms with Crippen molar-refractivity contribution in [2.24, 2.45) is 5.41 Å². The van der Waals surface area contributed by atoms with Gasteiger partial charge in [0.1, 0.15) is 0 Å². The molecule has 3 nitrogen and oxygen atoms in total. The van der Waals surface area contributed by atoms with Crippen molar-refractivity contribution in [1.82, 2.24) is 4.98 Å². The molecule has 0 atom stereocenters. The van der Waals surface area contributed by atoms with Crippen molar-refractivity contribution in [3.05, 3.63) is 23.5 Å². The average molecular weight is 191 g/mol. The molecule has 0 aromatic carbocycles. The first-order valence-corrected chi connectivity index (χ1v) is 4.82. The number of rotatable bonds is 1. The summed E-state index contributed by atoms with van der Waals surface area (Å²) in [5, 5.41) is 18.5. The minimum Gasteiger partial charge on any atom is -0.423 e. The predicted octanol–water partition coefficient (Wildman–Crippen LogP) is -0.114. The largest absolute Gasteiger partial charge is 0.490 e. The van der Waals surface area contributed by atoms with E-state index in [1.807, 2.05) is 6.07 Å². The van der Waals surface area contributed by atoms with Crippen LogP contribution < -0.4 is 5.46 Å². The second-order valence-electron chi connectivity index (χ2n) is 4.72. The number of aromatic nitrogens is 1. The Balaban J connectivity index is 2.51. The van der Waals surface area contributed by atoms with Gasteiger partial charge in [0.05, 0.1) is 0 Å². The summed E-state index contributed by atoms with van der Waals surface area (Å²) in [6.07, 6.45) is 3.44. The lowest BCUT2D eigenvalue weighted by molar-refractivity contribution is 0.345. The lowest BCUT2D eigenvalue weighted by Gasteiger charge is -2.32. The van der Waals surface area contributed by atoms with E-state index in [1.165, 1.54) is 0 Å². The van der Waals surface area contributed by atoms with Gasteiger partial charge in [-0.25, -0.2) is 0 Å². The van der Waals surface area contributed by atoms with E-state index in [0.29, 0.717) is 5.46 Å². The summed E-state index contributed by atoms with van der Waals surface area (Å²) >= 11 is 0. The molecule has 0 unspecified atom stereocenters. The maximum Gasteiger partial charge on any atom is 0.490 e. The molecule has 0 radical (unpaired) electrons. The van der Waals surface area contributed by atoms with Crippen molar-refractivity contribution in [2.45, 2.75) is 26.7 Å². The highest BCUT2D eigenvalue weighted by molar-refractivity contribution is 6.59. The molecule has 2 N–H and O–H groups in total. The van der Waals surface area contributed by atoms with E-state index in [9.17, 15) is 10.0 Å². The van der Waals surface area contributed by atoms with Crippen molar-refractivity contribution in [1.29, 1.82) is 0 Å². The number of nitrogens with zero attached hydrogens (tertiary/aromatic N) is 1. The second-order valence-corrected chi connectivity index (χ2v) is 4.72. The molecule has 0 saturated heterocycles. The van der Waals surface area contributed by atoms with Crippen LogP contribution in [0.15, 0.2) is 12.3 Å². The minimum atomic E-state index is -1.38. The molecule has 74 valence electrons. The molecule has 4 heteroatoms. The van der Waals surface area contributed by atoms with Crippen molar-refractivity contribution < 1.29 is 10.0 Å². The Bertz CT molecular complexity index is 337. The Morgan fingerprint density at radius 1 is 1.36 bits per heavy atom. The molecular formula is C10H14BNO2. The third kappa shape index (κ3) is 1.55. The summed E-state index contributed by atoms with van der Waals surface area (Å²) in [4.78, 5) is 4.21. The van der Waals surface area contributed by atoms with E-state index >= 15 is 0 Å². The lowest BCUT2D eigenvalue weighted by Crippen LogP contribution is -2.43. The summed E-state index contributed by atoms with van der Waals surface area (Å²) in [6.45, 7) is 4.34. The molecule has 2 rings (SSSR count). The summed E-state index contributed by atoms with van der Waals surface area (Å²) in [5.74, 6) is 0. The maximum absolute atomic E-state index is 9.24. The quantitative estimate of drug-likeness (QED) is 0.608. The van der Waals surface area contributed by atoms with Gasteiger partial charge in [0, 0.05) is 17.4 Å². The first kappa shape index (κ1) is 9.68. The highest BCUT2D eigenvalue weighted by atomic mass is 16.4. The van der Waals surface area contributed by atoms with Crippen LogP contribution in [-0.2, 0) is 12.8 Å². The monoisotopic (exact) mass is 191 g/mol. The van der Waals surface area contributed by atoms with E-state index in [2.05, 4.69) is 18.8 Å². The van der Waals surface area contributed by atoms with Crippen molar-refractivity contribution in [2.75, 3.05) is 0 Å². The number of hydrogen-bond acceptors (Lipinski definition) is 3. The molecule has 1 aromatic rings. The molecule has 1 heterocycles. The van der Waals surface area contributed by atoms with Gasteiger partial charge >= 0.3 is 7.12 Å². The Kier molecular flexibility index (Phi) is 2.12. The fraction of sp³-hybridized carbons (Fsp3) is 0.500. The zero-order valence-corrected chi connectivity index (χ0v) is 8.49. The topological polar surface area (TPSA) is 53.4 Å². The van der Waals surface area contributed by atoms with Gasteiger partial charge < -0.3 is 10.0 Å². The number of fused-ring (bicyclic) bond motifs is 2. The first-order chi connectivity index (χ1) is 6.49. The SMILES string of the molecule is CC1(C)Cc2ccnc(c2B(O)O)C1. The normalized spacial score (nSPS) is 18.0. The van der Waals surface area contributed by atoms with Gasteiger partial charge in [-0.05, 0) is 29.9 Å². The van der Waals surface area contributed by atoms with Gasteiger partial charge in [0.25, 0.3) is 0 Å². The second kappa shape index (κ2) is 3.07. The van der Waals surface area contributed by atoms with Crippen molar-refractivity contribution in [3.8, 4) is 0 Å². The van der Waals surface area contributed by atoms with Crippen LogP contribution >= 0.6 is 0 Å². The van der Waals surface area contributed by atoms with E-state index in [-0.39, 0.29) is 5.41 Å². The zero-order valence-electron chi connectivity index (χ0n) is 8.49. The fourth-order valence-electron chi connectivity index (χ4n) is 2.20. The van der Waals surface area contributed by atoms with Crippen LogP contribution in [0.1, 0.15) is 25.1 Å². The summed E-state index contributed by atoms with van der Waals surface area (Å²) in [5.41, 5.74) is 2.64. The summed E-state index contributed by atoms with van der Waals surface area (Å²) < 4.78 is 0. The van der Waals surface area contributed by atoms with E-state index in [1.54, 1.807) is 6.20 Å². The maximum atomic E-state index is 9.24. The van der Waals surface area contributed by atoms with Crippen molar-refractivity contribution >= 4 is 12.6 Å². The predicted molar refractivity (Wildman–Crippen MR) is 55.3 cm³/mol. The molecule has 0 fully saturated rings. The van der Waals surface area contributed by atoms with Crippen LogP contribution in [0, 0.1) is 5.41 Å². The van der Waals surface area contributed by atoms with Crippen LogP contribution in [0.4, 0.5) is 0 Å². The Hall–Kier alpha value is -0.865. The molecule has 2 bridgehead atoms. The van der Waals surface area contributed by atoms with Gasteiger partial charge in [-0.2, -0.15) is 0 Å². The molecule has 0 spiro atoms. The van der Waals surface area contributed by atoms with Crippen molar-refractivity contribution in [3.63, 3.8) is 0 Å². The van der Waals surface area contributed by atoms with Gasteiger partial charge in [-0.1, -0.05) is 13.8 Å². The Labute approximate surface area is 84.0 Å². The fourth-order valence-corrected chi connectivity index (χ4v) is 2.20. The molecule has 1 aliphatic carbocycles. The van der Waals surface area contributed by atoms with Crippen LogP contribution in [0.2, 0.25) is 0 Å². The van der Waals surface area contributed by atoms with Crippen LogP contribution in [0.3, 0.4) is 0 Å². The zero-order chi connectivity index (χ0) is 10.3. The lowest BCUT2D eigenvalue weighted by atomic mass is 9.65. The van der Waals surface area contributed by atoms with Crippen LogP contribution in [-0.4, -0.2) is 22.2 Å². The van der Waals surface area contributed by atoms with Gasteiger partial charge in [-0.15, -0.1) is 0 Å². The van der Waals surface area contributed by atoms with Gasteiger partial charge in [0.15, 0.2) is 0 Å². The molecule has 1 aliphatic rings. The first-order valence-electron chi connectivity index (χ1n) is 4.82. The van der Waals surface area contributed by atoms with E-state index < -0.39 is 7.12 Å². The molecule has 0 aliphatic heterocycles. The number of hydrogen-bond donors (Lipinski definition) is 2. The summed E-state index contributed by atoms with van der Waals surface area (Å²) in [7, 11) is -1.38. The minimum absolute atomic E-state index is 0.178. The summed E-state index contributed by atoms with van der Waals surface area (Å²) in [6, 6.07) is 1.87. The van der Waals surface area contributed by atoms with Crippen LogP contribution in [0.5, 0.6) is 0 Å². The molecule has 0 saturated carbocycles. The molecule has 0 amide bonds. The highest BCUT2D eigenvalue weighted by Gasteiger charge is 2.32. The van der Waals surface area contributed by atoms with Crippen LogP contribution in [0.25, 0.3) is 0 Å². The Morgan fingerprint density at radius 3 is 2.64 bits per heavy atom. The van der Waals surface area contributed by atoms with E-state index in [4.69, 9.17) is 0 Å². The Morgan fingerprint density at radius 2 is 2.07 bits per heavy atom. The van der Waals surface area contributed by atoms with Gasteiger partial charge in [-0.3, -0.25) is 4.98 Å². The highest BCUT2D eigenvalue weighted by Crippen LogP contribution is 2.29. The standard InChI is InChI=1S/C10H14BNO2/c1-10(2)5-7-3-4-12-8(6-10)9(7)11(13)14/h3-4,13-14H,5-6H2,1-2H3. The molecule has 14 heavy (non-hydrogen) atoms. The third-order valence-corrected chi connectivity index (χ3v) is 2.74. The van der Waals surface area contributed by atoms with Gasteiger partial charge in [0.2, 0.25) is 0 Å². The smallest absolute Gasteiger partial charge is 0.423 e. The number of pyridine rings is 1. The molecular weight excluding hydrogens is 177 g/mol.